The Morgan fingerprint density at radius 3 is 2.92 bits per heavy atom. The first-order valence-corrected chi connectivity index (χ1v) is 9.96. The standard InChI is InChI=1S/C19H29N5O2/c25-12-15-3-1-2-8-23(15)10-7-20-18-16-6-9-24(19(26)14-4-5-14)11-17(16)21-13-22-18/h13-15,25H,1-12H2,(H,20,21,22)/t15-/m1/s1. The number of rotatable bonds is 6. The lowest BCUT2D eigenvalue weighted by Crippen LogP contribution is -2.44. The molecule has 1 saturated carbocycles. The molecule has 2 aliphatic heterocycles. The minimum absolute atomic E-state index is 0.244. The zero-order chi connectivity index (χ0) is 17.9. The summed E-state index contributed by atoms with van der Waals surface area (Å²) < 4.78 is 0. The van der Waals surface area contributed by atoms with E-state index in [0.717, 1.165) is 68.9 Å². The van der Waals surface area contributed by atoms with Crippen LogP contribution in [0.3, 0.4) is 0 Å². The highest BCUT2D eigenvalue weighted by Crippen LogP contribution is 2.33. The summed E-state index contributed by atoms with van der Waals surface area (Å²) in [5.74, 6) is 1.47. The summed E-state index contributed by atoms with van der Waals surface area (Å²) in [6.45, 7) is 4.41. The number of nitrogens with zero attached hydrogens (tertiary/aromatic N) is 4. The molecular weight excluding hydrogens is 330 g/mol. The average molecular weight is 359 g/mol. The van der Waals surface area contributed by atoms with Crippen LogP contribution in [0, 0.1) is 5.92 Å². The minimum atomic E-state index is 0.244. The van der Waals surface area contributed by atoms with Crippen LogP contribution >= 0.6 is 0 Å². The highest BCUT2D eigenvalue weighted by molar-refractivity contribution is 5.81. The second-order valence-electron chi connectivity index (χ2n) is 7.73. The van der Waals surface area contributed by atoms with Gasteiger partial charge in [0.15, 0.2) is 0 Å². The van der Waals surface area contributed by atoms with Crippen molar-refractivity contribution in [1.29, 1.82) is 0 Å². The van der Waals surface area contributed by atoms with Gasteiger partial charge >= 0.3 is 0 Å². The second kappa shape index (κ2) is 7.88. The van der Waals surface area contributed by atoms with E-state index in [0.29, 0.717) is 18.5 Å². The maximum absolute atomic E-state index is 12.3. The highest BCUT2D eigenvalue weighted by Gasteiger charge is 2.35. The van der Waals surface area contributed by atoms with Crippen LogP contribution in [0.25, 0.3) is 0 Å². The number of anilines is 1. The first-order chi connectivity index (χ1) is 12.8. The summed E-state index contributed by atoms with van der Waals surface area (Å²) in [5, 5.41) is 13.0. The van der Waals surface area contributed by atoms with E-state index >= 15 is 0 Å². The molecule has 1 aromatic rings. The molecule has 3 aliphatic rings. The summed E-state index contributed by atoms with van der Waals surface area (Å²) in [6.07, 6.45) is 8.02. The fraction of sp³-hybridized carbons (Fsp3) is 0.737. The Bertz CT molecular complexity index is 649. The number of hydrogen-bond donors (Lipinski definition) is 2. The fourth-order valence-electron chi connectivity index (χ4n) is 4.16. The van der Waals surface area contributed by atoms with E-state index in [9.17, 15) is 9.90 Å². The Hall–Kier alpha value is -1.73. The largest absolute Gasteiger partial charge is 0.395 e. The van der Waals surface area contributed by atoms with Crippen molar-refractivity contribution in [2.45, 2.75) is 51.1 Å². The second-order valence-corrected chi connectivity index (χ2v) is 7.73. The molecule has 26 heavy (non-hydrogen) atoms. The lowest BCUT2D eigenvalue weighted by molar-refractivity contribution is -0.133. The minimum Gasteiger partial charge on any atom is -0.395 e. The van der Waals surface area contributed by atoms with Crippen LogP contribution in [-0.2, 0) is 17.8 Å². The number of fused-ring (bicyclic) bond motifs is 1. The predicted molar refractivity (Wildman–Crippen MR) is 98.7 cm³/mol. The van der Waals surface area contributed by atoms with Crippen LogP contribution in [0.5, 0.6) is 0 Å². The van der Waals surface area contributed by atoms with E-state index in [-0.39, 0.29) is 12.5 Å². The maximum Gasteiger partial charge on any atom is 0.226 e. The van der Waals surface area contributed by atoms with Crippen molar-refractivity contribution in [2.24, 2.45) is 5.92 Å². The highest BCUT2D eigenvalue weighted by atomic mass is 16.3. The van der Waals surface area contributed by atoms with E-state index in [1.54, 1.807) is 6.33 Å². The van der Waals surface area contributed by atoms with E-state index < -0.39 is 0 Å². The van der Waals surface area contributed by atoms with Gasteiger partial charge in [0.1, 0.15) is 12.1 Å². The Balaban J connectivity index is 1.35. The number of likely N-dealkylation sites (tertiary alicyclic amines) is 1. The van der Waals surface area contributed by atoms with E-state index in [2.05, 4.69) is 20.2 Å². The molecule has 0 bridgehead atoms. The van der Waals surface area contributed by atoms with Gasteiger partial charge in [-0.3, -0.25) is 9.69 Å². The van der Waals surface area contributed by atoms with Crippen LogP contribution in [0.2, 0.25) is 0 Å². The number of piperidine rings is 1. The molecule has 4 rings (SSSR count). The Labute approximate surface area is 154 Å². The van der Waals surface area contributed by atoms with Gasteiger partial charge in [0.05, 0.1) is 18.8 Å². The van der Waals surface area contributed by atoms with Crippen molar-refractivity contribution in [2.75, 3.05) is 38.1 Å². The zero-order valence-corrected chi connectivity index (χ0v) is 15.4. The number of aromatic nitrogens is 2. The van der Waals surface area contributed by atoms with Gasteiger partial charge in [-0.25, -0.2) is 9.97 Å². The fourth-order valence-corrected chi connectivity index (χ4v) is 4.16. The van der Waals surface area contributed by atoms with Crippen LogP contribution in [0.15, 0.2) is 6.33 Å². The van der Waals surface area contributed by atoms with E-state index in [1.807, 2.05) is 4.90 Å². The van der Waals surface area contributed by atoms with Crippen molar-refractivity contribution < 1.29 is 9.90 Å². The van der Waals surface area contributed by atoms with Crippen molar-refractivity contribution in [3.8, 4) is 0 Å². The van der Waals surface area contributed by atoms with Gasteiger partial charge in [0, 0.05) is 37.2 Å². The number of carbonyl (C=O) groups is 1. The first-order valence-electron chi connectivity index (χ1n) is 9.96. The van der Waals surface area contributed by atoms with Crippen molar-refractivity contribution in [1.82, 2.24) is 19.8 Å². The lowest BCUT2D eigenvalue weighted by atomic mass is 10.0. The van der Waals surface area contributed by atoms with E-state index in [1.165, 1.54) is 12.8 Å². The van der Waals surface area contributed by atoms with Crippen LogP contribution in [-0.4, -0.2) is 69.6 Å². The van der Waals surface area contributed by atoms with Gasteiger partial charge in [-0.1, -0.05) is 6.42 Å². The Morgan fingerprint density at radius 2 is 2.12 bits per heavy atom. The smallest absolute Gasteiger partial charge is 0.226 e. The number of amides is 1. The van der Waals surface area contributed by atoms with Crippen LogP contribution in [0.1, 0.15) is 43.4 Å². The number of aliphatic hydroxyl groups is 1. The third kappa shape index (κ3) is 3.83. The summed E-state index contributed by atoms with van der Waals surface area (Å²) in [7, 11) is 0. The molecule has 0 spiro atoms. The third-order valence-corrected chi connectivity index (χ3v) is 5.90. The number of hydrogen-bond acceptors (Lipinski definition) is 6. The maximum atomic E-state index is 12.3. The van der Waals surface area contributed by atoms with Crippen LogP contribution in [0.4, 0.5) is 5.82 Å². The molecule has 2 fully saturated rings. The molecular formula is C19H29N5O2. The van der Waals surface area contributed by atoms with Gasteiger partial charge in [-0.05, 0) is 38.6 Å². The van der Waals surface area contributed by atoms with E-state index in [4.69, 9.17) is 0 Å². The van der Waals surface area contributed by atoms with Gasteiger partial charge < -0.3 is 15.3 Å². The first kappa shape index (κ1) is 17.7. The topological polar surface area (TPSA) is 81.6 Å². The predicted octanol–water partition coefficient (Wildman–Crippen LogP) is 1.03. The third-order valence-electron chi connectivity index (χ3n) is 5.90. The average Bonchev–Trinajstić information content (AvgIpc) is 3.53. The molecule has 0 unspecified atom stereocenters. The quantitative estimate of drug-likeness (QED) is 0.790. The molecule has 7 heteroatoms. The summed E-state index contributed by atoms with van der Waals surface area (Å²) in [4.78, 5) is 25.5. The van der Waals surface area contributed by atoms with Crippen molar-refractivity contribution >= 4 is 11.7 Å². The molecule has 1 atom stereocenters. The molecule has 1 aromatic heterocycles. The molecule has 3 heterocycles. The van der Waals surface area contributed by atoms with Crippen LogP contribution < -0.4 is 5.32 Å². The molecule has 2 N–H and O–H groups in total. The summed E-state index contributed by atoms with van der Waals surface area (Å²) in [6, 6.07) is 0.298. The Morgan fingerprint density at radius 1 is 1.23 bits per heavy atom. The molecule has 142 valence electrons. The normalized spacial score (nSPS) is 23.6. The SMILES string of the molecule is O=C(C1CC1)N1CCc2c(ncnc2NCCN2CCCC[C@@H]2CO)C1. The van der Waals surface area contributed by atoms with Crippen molar-refractivity contribution in [3.05, 3.63) is 17.6 Å². The van der Waals surface area contributed by atoms with Crippen molar-refractivity contribution in [3.63, 3.8) is 0 Å². The van der Waals surface area contributed by atoms with Gasteiger partial charge in [-0.15, -0.1) is 0 Å². The van der Waals surface area contributed by atoms with Gasteiger partial charge in [-0.2, -0.15) is 0 Å². The molecule has 1 amide bonds. The molecule has 0 radical (unpaired) electrons. The summed E-state index contributed by atoms with van der Waals surface area (Å²) in [5.41, 5.74) is 2.14. The number of aliphatic hydroxyl groups excluding tert-OH is 1. The molecule has 0 aromatic carbocycles. The zero-order valence-electron chi connectivity index (χ0n) is 15.4. The number of carbonyl (C=O) groups excluding carboxylic acids is 1. The lowest BCUT2D eigenvalue weighted by Gasteiger charge is -2.34. The monoisotopic (exact) mass is 359 g/mol. The Kier molecular flexibility index (Phi) is 5.36. The number of nitrogens with one attached hydrogen (secondary N) is 1. The molecule has 1 saturated heterocycles. The summed E-state index contributed by atoms with van der Waals surface area (Å²) >= 11 is 0. The molecule has 1 aliphatic carbocycles. The van der Waals surface area contributed by atoms with Gasteiger partial charge in [0.25, 0.3) is 0 Å². The van der Waals surface area contributed by atoms with Gasteiger partial charge in [0.2, 0.25) is 5.91 Å². The molecule has 7 nitrogen and oxygen atoms in total.